The fourth-order valence-electron chi connectivity index (χ4n) is 9.94. The van der Waals surface area contributed by atoms with Gasteiger partial charge in [0.15, 0.2) is 0 Å². The predicted octanol–water partition coefficient (Wildman–Crippen LogP) is 19.1. The lowest BCUT2D eigenvalue weighted by molar-refractivity contribution is -0.143. The molecule has 1 amide bonds. The molecule has 67 heavy (non-hydrogen) atoms. The van der Waals surface area contributed by atoms with Gasteiger partial charge in [-0.2, -0.15) is 0 Å². The van der Waals surface area contributed by atoms with Gasteiger partial charge in [0.2, 0.25) is 5.91 Å². The van der Waals surface area contributed by atoms with Crippen LogP contribution >= 0.6 is 0 Å². The maximum Gasteiger partial charge on any atom is 0.305 e. The van der Waals surface area contributed by atoms with E-state index in [9.17, 15) is 19.8 Å². The fraction of sp³-hybridized carbons (Fsp3) is 0.967. The lowest BCUT2D eigenvalue weighted by Gasteiger charge is -2.22. The van der Waals surface area contributed by atoms with Crippen LogP contribution in [0.4, 0.5) is 0 Å². The van der Waals surface area contributed by atoms with Gasteiger partial charge in [-0.05, 0) is 25.7 Å². The highest BCUT2D eigenvalue weighted by atomic mass is 16.5. The molecule has 0 bridgehead atoms. The zero-order chi connectivity index (χ0) is 48.6. The van der Waals surface area contributed by atoms with Crippen molar-refractivity contribution in [3.05, 3.63) is 0 Å². The average molecular weight is 949 g/mol. The molecule has 400 valence electrons. The van der Waals surface area contributed by atoms with Gasteiger partial charge in [-0.3, -0.25) is 9.59 Å². The molecule has 3 N–H and O–H groups in total. The number of unbranched alkanes of at least 4 members (excludes halogenated alkanes) is 47. The Morgan fingerprint density at radius 2 is 0.612 bits per heavy atom. The van der Waals surface area contributed by atoms with Crippen molar-refractivity contribution >= 4 is 11.9 Å². The van der Waals surface area contributed by atoms with Gasteiger partial charge in [0.05, 0.1) is 25.4 Å². The minimum atomic E-state index is -0.658. The lowest BCUT2D eigenvalue weighted by Crippen LogP contribution is -2.45. The standard InChI is InChI=1S/C61H121NO5/c1-3-5-7-9-11-13-34-39-43-47-51-55-61(66)67-56-52-48-44-40-36-33-31-29-27-25-23-21-19-17-15-16-18-20-22-24-26-28-30-32-35-38-42-46-50-54-60(65)62-58(57-63)59(64)53-49-45-41-37-14-12-10-8-6-4-2/h58-59,63-64H,3-57H2,1-2H3,(H,62,65). The molecule has 0 saturated carbocycles. The minimum absolute atomic E-state index is 0.0198. The number of nitrogens with one attached hydrogen (secondary N) is 1. The zero-order valence-corrected chi connectivity index (χ0v) is 45.7. The molecule has 0 aliphatic rings. The van der Waals surface area contributed by atoms with Gasteiger partial charge in [0, 0.05) is 12.8 Å². The van der Waals surface area contributed by atoms with Gasteiger partial charge in [0.1, 0.15) is 0 Å². The quantitative estimate of drug-likeness (QED) is 0.0417. The van der Waals surface area contributed by atoms with Crippen LogP contribution in [0.25, 0.3) is 0 Å². The average Bonchev–Trinajstić information content (AvgIpc) is 3.33. The Kier molecular flexibility index (Phi) is 56.5. The van der Waals surface area contributed by atoms with Gasteiger partial charge in [-0.1, -0.05) is 316 Å². The summed E-state index contributed by atoms with van der Waals surface area (Å²) in [6.07, 6.45) is 67.0. The molecule has 0 radical (unpaired) electrons. The van der Waals surface area contributed by atoms with Crippen molar-refractivity contribution in [2.45, 2.75) is 366 Å². The van der Waals surface area contributed by atoms with Crippen LogP contribution in [-0.2, 0) is 14.3 Å². The number of hydrogen-bond donors (Lipinski definition) is 3. The van der Waals surface area contributed by atoms with Crippen molar-refractivity contribution in [2.24, 2.45) is 0 Å². The third kappa shape index (κ3) is 54.0. The monoisotopic (exact) mass is 948 g/mol. The summed E-state index contributed by atoms with van der Waals surface area (Å²) in [6.45, 7) is 4.96. The van der Waals surface area contributed by atoms with E-state index in [0.717, 1.165) is 38.5 Å². The minimum Gasteiger partial charge on any atom is -0.466 e. The molecule has 0 aliphatic heterocycles. The second kappa shape index (κ2) is 57.4. The summed E-state index contributed by atoms with van der Waals surface area (Å²) in [4.78, 5) is 24.4. The Labute approximate surface area is 419 Å². The maximum absolute atomic E-state index is 12.4. The van der Waals surface area contributed by atoms with E-state index in [1.54, 1.807) is 0 Å². The molecule has 0 aromatic heterocycles. The van der Waals surface area contributed by atoms with Crippen molar-refractivity contribution in [1.29, 1.82) is 0 Å². The normalized spacial score (nSPS) is 12.5. The molecule has 0 saturated heterocycles. The van der Waals surface area contributed by atoms with Crippen LogP contribution in [0, 0.1) is 0 Å². The Morgan fingerprint density at radius 3 is 0.910 bits per heavy atom. The van der Waals surface area contributed by atoms with Gasteiger partial charge >= 0.3 is 5.97 Å². The molecule has 0 aromatic rings. The molecule has 0 rings (SSSR count). The molecule has 6 nitrogen and oxygen atoms in total. The summed E-state index contributed by atoms with van der Waals surface area (Å²) in [5.41, 5.74) is 0. The molecule has 0 aromatic carbocycles. The highest BCUT2D eigenvalue weighted by Gasteiger charge is 2.20. The van der Waals surface area contributed by atoms with E-state index in [-0.39, 0.29) is 18.5 Å². The number of esters is 1. The van der Waals surface area contributed by atoms with E-state index in [0.29, 0.717) is 25.9 Å². The molecule has 2 atom stereocenters. The Bertz CT molecular complexity index is 959. The van der Waals surface area contributed by atoms with Crippen LogP contribution in [0.2, 0.25) is 0 Å². The maximum atomic E-state index is 12.4. The van der Waals surface area contributed by atoms with Crippen LogP contribution in [0.1, 0.15) is 354 Å². The van der Waals surface area contributed by atoms with Crippen LogP contribution < -0.4 is 5.32 Å². The molecule has 0 aliphatic carbocycles. The summed E-state index contributed by atoms with van der Waals surface area (Å²) in [7, 11) is 0. The van der Waals surface area contributed by atoms with Crippen molar-refractivity contribution in [2.75, 3.05) is 13.2 Å². The predicted molar refractivity (Wildman–Crippen MR) is 292 cm³/mol. The van der Waals surface area contributed by atoms with Crippen LogP contribution in [0.3, 0.4) is 0 Å². The molecule has 0 fully saturated rings. The number of aliphatic hydroxyl groups excluding tert-OH is 2. The van der Waals surface area contributed by atoms with Gasteiger partial charge in [-0.25, -0.2) is 0 Å². The Hall–Kier alpha value is -1.14. The van der Waals surface area contributed by atoms with Crippen LogP contribution in [-0.4, -0.2) is 47.4 Å². The van der Waals surface area contributed by atoms with Gasteiger partial charge in [0.25, 0.3) is 0 Å². The first-order valence-corrected chi connectivity index (χ1v) is 30.8. The van der Waals surface area contributed by atoms with Gasteiger partial charge < -0.3 is 20.3 Å². The Morgan fingerprint density at radius 1 is 0.358 bits per heavy atom. The van der Waals surface area contributed by atoms with E-state index in [1.165, 1.54) is 283 Å². The number of amides is 1. The van der Waals surface area contributed by atoms with Crippen molar-refractivity contribution < 1.29 is 24.5 Å². The smallest absolute Gasteiger partial charge is 0.305 e. The third-order valence-corrected chi connectivity index (χ3v) is 14.7. The summed E-state index contributed by atoms with van der Waals surface area (Å²) in [5.74, 6) is -0.0114. The Balaban J connectivity index is 3.30. The molecular weight excluding hydrogens is 827 g/mol. The number of aliphatic hydroxyl groups is 2. The summed E-state index contributed by atoms with van der Waals surface area (Å²) in [5, 5.41) is 23.2. The molecular formula is C61H121NO5. The number of carbonyl (C=O) groups is 2. The van der Waals surface area contributed by atoms with Crippen LogP contribution in [0.15, 0.2) is 0 Å². The lowest BCUT2D eigenvalue weighted by atomic mass is 10.0. The van der Waals surface area contributed by atoms with Gasteiger partial charge in [-0.15, -0.1) is 0 Å². The molecule has 0 spiro atoms. The van der Waals surface area contributed by atoms with Crippen molar-refractivity contribution in [3.8, 4) is 0 Å². The first kappa shape index (κ1) is 65.9. The zero-order valence-electron chi connectivity index (χ0n) is 45.7. The second-order valence-corrected chi connectivity index (χ2v) is 21.4. The summed E-state index contributed by atoms with van der Waals surface area (Å²) < 4.78 is 5.47. The molecule has 6 heteroatoms. The number of ether oxygens (including phenoxy) is 1. The van der Waals surface area contributed by atoms with E-state index < -0.39 is 12.1 Å². The number of rotatable bonds is 58. The molecule has 2 unspecified atom stereocenters. The SMILES string of the molecule is CCCCCCCCCCCCCC(=O)OCCCCCCCCCCCCCCCCCCCCCCCCCCCCCCCC(=O)NC(CO)C(O)CCCCCCCCCCCC. The summed E-state index contributed by atoms with van der Waals surface area (Å²) in [6, 6.07) is -0.535. The first-order chi connectivity index (χ1) is 33.0. The molecule has 0 heterocycles. The van der Waals surface area contributed by atoms with E-state index >= 15 is 0 Å². The number of hydrogen-bond acceptors (Lipinski definition) is 5. The first-order valence-electron chi connectivity index (χ1n) is 30.8. The largest absolute Gasteiger partial charge is 0.466 e. The van der Waals surface area contributed by atoms with Crippen molar-refractivity contribution in [1.82, 2.24) is 5.32 Å². The number of carbonyl (C=O) groups excluding carboxylic acids is 2. The van der Waals surface area contributed by atoms with E-state index in [2.05, 4.69) is 19.2 Å². The topological polar surface area (TPSA) is 95.9 Å². The summed E-state index contributed by atoms with van der Waals surface area (Å²) >= 11 is 0. The third-order valence-electron chi connectivity index (χ3n) is 14.7. The van der Waals surface area contributed by atoms with Crippen LogP contribution in [0.5, 0.6) is 0 Å². The second-order valence-electron chi connectivity index (χ2n) is 21.4. The van der Waals surface area contributed by atoms with E-state index in [1.807, 2.05) is 0 Å². The van der Waals surface area contributed by atoms with E-state index in [4.69, 9.17) is 4.74 Å². The highest BCUT2D eigenvalue weighted by Crippen LogP contribution is 2.18. The van der Waals surface area contributed by atoms with Crippen molar-refractivity contribution in [3.63, 3.8) is 0 Å². The fourth-order valence-corrected chi connectivity index (χ4v) is 9.94. The highest BCUT2D eigenvalue weighted by molar-refractivity contribution is 5.76.